The van der Waals surface area contributed by atoms with E-state index in [0.29, 0.717) is 32.1 Å². The second kappa shape index (κ2) is 13.5. The van der Waals surface area contributed by atoms with Crippen molar-refractivity contribution in [3.05, 3.63) is 24.0 Å². The standard InChI is InChI=1S/C31H49F2N5O4Si/c1-8-35-20-38(23-11-9-22(10-12-23)18-37(19-26(32)33)30(40)42-31(2,3)4)27-24-13-14-36(21-41-15-16-43(5,6)7)28(24)34-17-25(27)29(35)39/h13-14,17,22-23,26H,8-12,15-16,18-21H2,1-7H3/t22-,23-. The summed E-state index contributed by atoms with van der Waals surface area (Å²) >= 11 is 0. The van der Waals surface area contributed by atoms with Gasteiger partial charge in [0.05, 0.1) is 24.5 Å². The Bertz CT molecular complexity index is 1270. The molecular formula is C31H49F2N5O4Si. The van der Waals surface area contributed by atoms with Crippen molar-refractivity contribution < 1.29 is 27.8 Å². The van der Waals surface area contributed by atoms with Gasteiger partial charge < -0.3 is 28.7 Å². The van der Waals surface area contributed by atoms with Crippen molar-refractivity contribution in [2.45, 2.75) is 104 Å². The Hall–Kier alpha value is -2.73. The topological polar surface area (TPSA) is 80.1 Å². The molecule has 0 atom stereocenters. The maximum atomic E-state index is 13.4. The van der Waals surface area contributed by atoms with Crippen LogP contribution in [0.15, 0.2) is 18.5 Å². The van der Waals surface area contributed by atoms with Gasteiger partial charge in [0.1, 0.15) is 18.0 Å². The first kappa shape index (κ1) is 33.2. The number of pyridine rings is 1. The first-order valence-electron chi connectivity index (χ1n) is 15.5. The molecule has 2 aromatic rings. The largest absolute Gasteiger partial charge is 0.444 e. The molecule has 0 radical (unpaired) electrons. The highest BCUT2D eigenvalue weighted by Gasteiger charge is 2.37. The molecule has 3 heterocycles. The molecule has 0 aromatic carbocycles. The smallest absolute Gasteiger partial charge is 0.410 e. The van der Waals surface area contributed by atoms with Crippen LogP contribution in [0.3, 0.4) is 0 Å². The van der Waals surface area contributed by atoms with Crippen molar-refractivity contribution in [3.63, 3.8) is 0 Å². The van der Waals surface area contributed by atoms with Crippen LogP contribution >= 0.6 is 0 Å². The Balaban J connectivity index is 1.50. The summed E-state index contributed by atoms with van der Waals surface area (Å²) in [6.07, 6.45) is 3.60. The molecule has 9 nitrogen and oxygen atoms in total. The Labute approximate surface area is 255 Å². The highest BCUT2D eigenvalue weighted by Crippen LogP contribution is 2.39. The van der Waals surface area contributed by atoms with Crippen molar-refractivity contribution in [2.75, 3.05) is 37.8 Å². The molecule has 0 spiro atoms. The van der Waals surface area contributed by atoms with Crippen LogP contribution in [-0.2, 0) is 16.2 Å². The molecule has 12 heteroatoms. The van der Waals surface area contributed by atoms with Crippen molar-refractivity contribution in [1.29, 1.82) is 0 Å². The molecule has 2 aliphatic rings. The van der Waals surface area contributed by atoms with Crippen LogP contribution in [0.2, 0.25) is 25.7 Å². The number of amides is 2. The van der Waals surface area contributed by atoms with Gasteiger partial charge in [-0.3, -0.25) is 4.79 Å². The average Bonchev–Trinajstić information content (AvgIpc) is 3.33. The predicted octanol–water partition coefficient (Wildman–Crippen LogP) is 6.65. The Morgan fingerprint density at radius 1 is 1.19 bits per heavy atom. The molecule has 2 aromatic heterocycles. The predicted molar refractivity (Wildman–Crippen MR) is 167 cm³/mol. The van der Waals surface area contributed by atoms with Gasteiger partial charge in [-0.2, -0.15) is 0 Å². The van der Waals surface area contributed by atoms with Crippen molar-refractivity contribution in [3.8, 4) is 0 Å². The molecule has 0 saturated heterocycles. The number of fused-ring (bicyclic) bond motifs is 3. The monoisotopic (exact) mass is 621 g/mol. The van der Waals surface area contributed by atoms with Gasteiger partial charge in [-0.15, -0.1) is 0 Å². The van der Waals surface area contributed by atoms with E-state index in [9.17, 15) is 18.4 Å². The minimum Gasteiger partial charge on any atom is -0.444 e. The van der Waals surface area contributed by atoms with Gasteiger partial charge in [0.2, 0.25) is 0 Å². The van der Waals surface area contributed by atoms with Crippen LogP contribution in [0.4, 0.5) is 19.3 Å². The molecule has 240 valence electrons. The van der Waals surface area contributed by atoms with Crippen LogP contribution in [0.25, 0.3) is 11.0 Å². The number of alkyl halides is 2. The number of aromatic nitrogens is 2. The van der Waals surface area contributed by atoms with Gasteiger partial charge in [-0.1, -0.05) is 19.6 Å². The third-order valence-electron chi connectivity index (χ3n) is 8.24. The molecule has 1 aliphatic carbocycles. The highest BCUT2D eigenvalue weighted by atomic mass is 28.3. The summed E-state index contributed by atoms with van der Waals surface area (Å²) in [6, 6.07) is 3.29. The fourth-order valence-electron chi connectivity index (χ4n) is 5.93. The van der Waals surface area contributed by atoms with Gasteiger partial charge in [0.15, 0.2) is 0 Å². The van der Waals surface area contributed by atoms with Crippen LogP contribution < -0.4 is 4.90 Å². The molecular weight excluding hydrogens is 572 g/mol. The lowest BCUT2D eigenvalue weighted by atomic mass is 9.84. The van der Waals surface area contributed by atoms with Crippen LogP contribution in [0.1, 0.15) is 63.7 Å². The normalized spacial score (nSPS) is 19.7. The zero-order chi connectivity index (χ0) is 31.5. The van der Waals surface area contributed by atoms with Gasteiger partial charge in [-0.05, 0) is 71.4 Å². The maximum absolute atomic E-state index is 13.4. The third kappa shape index (κ3) is 8.46. The van der Waals surface area contributed by atoms with E-state index < -0.39 is 32.7 Å². The first-order chi connectivity index (χ1) is 20.2. The number of nitrogens with zero attached hydrogens (tertiary/aromatic N) is 5. The number of anilines is 1. The van der Waals surface area contributed by atoms with E-state index in [0.717, 1.165) is 53.3 Å². The zero-order valence-electron chi connectivity index (χ0n) is 26.9. The SMILES string of the molecule is CCN1CN([C@H]2CC[C@H](CN(CC(F)F)C(=O)OC(C)(C)C)CC2)c2c(cnc3c2ccn3COCC[Si](C)(C)C)C1=O. The van der Waals surface area contributed by atoms with Crippen molar-refractivity contribution in [2.24, 2.45) is 5.92 Å². The van der Waals surface area contributed by atoms with E-state index in [2.05, 4.69) is 24.5 Å². The number of carbonyl (C=O) groups excluding carboxylic acids is 2. The van der Waals surface area contributed by atoms with Crippen LogP contribution in [0, 0.1) is 5.92 Å². The fraction of sp³-hybridized carbons (Fsp3) is 0.710. The molecule has 4 rings (SSSR count). The summed E-state index contributed by atoms with van der Waals surface area (Å²) in [7, 11) is -1.19. The Morgan fingerprint density at radius 2 is 1.88 bits per heavy atom. The summed E-state index contributed by atoms with van der Waals surface area (Å²) in [5, 5.41) is 0.936. The van der Waals surface area contributed by atoms with E-state index in [4.69, 9.17) is 14.5 Å². The second-order valence-electron chi connectivity index (χ2n) is 14.1. The minimum atomic E-state index is -2.62. The van der Waals surface area contributed by atoms with E-state index in [-0.39, 0.29) is 24.4 Å². The van der Waals surface area contributed by atoms with Gasteiger partial charge in [-0.25, -0.2) is 18.6 Å². The number of rotatable bonds is 11. The second-order valence-corrected chi connectivity index (χ2v) is 19.7. The van der Waals surface area contributed by atoms with E-state index >= 15 is 0 Å². The Morgan fingerprint density at radius 3 is 2.49 bits per heavy atom. The van der Waals surface area contributed by atoms with Gasteiger partial charge >= 0.3 is 6.09 Å². The third-order valence-corrected chi connectivity index (χ3v) is 9.95. The molecule has 0 unspecified atom stereocenters. The quantitative estimate of drug-likeness (QED) is 0.207. The molecule has 0 N–H and O–H groups in total. The Kier molecular flexibility index (Phi) is 10.4. The number of hydrogen-bond acceptors (Lipinski definition) is 6. The van der Waals surface area contributed by atoms with Crippen LogP contribution in [-0.4, -0.2) is 90.4 Å². The molecule has 1 saturated carbocycles. The van der Waals surface area contributed by atoms with Crippen molar-refractivity contribution in [1.82, 2.24) is 19.4 Å². The van der Waals surface area contributed by atoms with E-state index in [1.807, 2.05) is 28.7 Å². The number of hydrogen-bond donors (Lipinski definition) is 0. The molecule has 2 amide bonds. The fourth-order valence-corrected chi connectivity index (χ4v) is 6.69. The van der Waals surface area contributed by atoms with E-state index in [1.54, 1.807) is 27.0 Å². The highest BCUT2D eigenvalue weighted by molar-refractivity contribution is 6.76. The van der Waals surface area contributed by atoms with Crippen molar-refractivity contribution >= 4 is 36.8 Å². The molecule has 43 heavy (non-hydrogen) atoms. The minimum absolute atomic E-state index is 0.0176. The summed E-state index contributed by atoms with van der Waals surface area (Å²) in [6.45, 7) is 16.0. The lowest BCUT2D eigenvalue weighted by molar-refractivity contribution is 0.00498. The summed E-state index contributed by atoms with van der Waals surface area (Å²) in [5.41, 5.74) is 1.56. The zero-order valence-corrected chi connectivity index (χ0v) is 27.9. The average molecular weight is 622 g/mol. The number of carbonyl (C=O) groups is 2. The summed E-state index contributed by atoms with van der Waals surface area (Å²) < 4.78 is 40.1. The van der Waals surface area contributed by atoms with Gasteiger partial charge in [0.25, 0.3) is 12.3 Å². The number of halogens is 2. The lowest BCUT2D eigenvalue weighted by Crippen LogP contribution is -2.52. The first-order valence-corrected chi connectivity index (χ1v) is 19.2. The number of ether oxygens (including phenoxy) is 2. The lowest BCUT2D eigenvalue weighted by Gasteiger charge is -2.45. The molecule has 1 aliphatic heterocycles. The molecule has 1 fully saturated rings. The van der Waals surface area contributed by atoms with Crippen LogP contribution in [0.5, 0.6) is 0 Å². The molecule has 0 bridgehead atoms. The maximum Gasteiger partial charge on any atom is 0.410 e. The van der Waals surface area contributed by atoms with E-state index in [1.165, 1.54) is 0 Å². The van der Waals surface area contributed by atoms with Gasteiger partial charge in [0, 0.05) is 51.6 Å². The summed E-state index contributed by atoms with van der Waals surface area (Å²) in [5.74, 6) is 0.0820. The summed E-state index contributed by atoms with van der Waals surface area (Å²) in [4.78, 5) is 36.1.